The summed E-state index contributed by atoms with van der Waals surface area (Å²) in [7, 11) is 0. The van der Waals surface area contributed by atoms with E-state index in [1.165, 1.54) is 9.80 Å². The molecule has 2 aliphatic heterocycles. The molecule has 0 spiro atoms. The zero-order valence-electron chi connectivity index (χ0n) is 23.4. The summed E-state index contributed by atoms with van der Waals surface area (Å²) in [5.74, 6) is -3.00. The van der Waals surface area contributed by atoms with Crippen LogP contribution in [-0.2, 0) is 32.0 Å². The van der Waals surface area contributed by atoms with E-state index >= 15 is 0 Å². The van der Waals surface area contributed by atoms with Crippen molar-refractivity contribution >= 4 is 35.0 Å². The Bertz CT molecular complexity index is 1420. The van der Waals surface area contributed by atoms with Gasteiger partial charge in [-0.15, -0.1) is 0 Å². The van der Waals surface area contributed by atoms with Crippen LogP contribution in [0.3, 0.4) is 0 Å². The first-order valence-corrected chi connectivity index (χ1v) is 13.8. The number of hydrogen-bond donors (Lipinski definition) is 0. The van der Waals surface area contributed by atoms with Crippen molar-refractivity contribution in [3.8, 4) is 0 Å². The maximum absolute atomic E-state index is 13.9. The van der Waals surface area contributed by atoms with Gasteiger partial charge >= 0.3 is 0 Å². The normalized spacial score (nSPS) is 21.1. The Kier molecular flexibility index (Phi) is 7.05. The summed E-state index contributed by atoms with van der Waals surface area (Å²) >= 11 is 0. The second-order valence-electron chi connectivity index (χ2n) is 11.6. The van der Waals surface area contributed by atoms with Crippen LogP contribution in [0.4, 0.5) is 11.4 Å². The lowest BCUT2D eigenvalue weighted by atomic mass is 9.66. The van der Waals surface area contributed by atoms with Gasteiger partial charge in [-0.3, -0.25) is 19.2 Å². The lowest BCUT2D eigenvalue weighted by Gasteiger charge is -2.44. The number of piperidine rings is 2. The molecule has 40 heavy (non-hydrogen) atoms. The lowest BCUT2D eigenvalue weighted by molar-refractivity contribution is -0.128. The maximum Gasteiger partial charge on any atom is 0.261 e. The standard InChI is InChI=1S/C34H34N2O4/c1-19(2)17-23-11-7-9-13-27(23)35-31(37)21(5)29-25(33(35)39)15-16-26-30(29)22(6)32(38)36(34(26)40)28-14-10-8-12-24(28)18-20(3)4/h7-16,19-20,29-30H,5-6,17-18H2,1-4H3. The van der Waals surface area contributed by atoms with E-state index < -0.39 is 35.5 Å². The van der Waals surface area contributed by atoms with Gasteiger partial charge in [0, 0.05) is 34.1 Å². The Hall–Kier alpha value is -4.32. The van der Waals surface area contributed by atoms with Crippen LogP contribution in [-0.4, -0.2) is 23.6 Å². The molecule has 2 unspecified atom stereocenters. The van der Waals surface area contributed by atoms with E-state index in [1.54, 1.807) is 36.4 Å². The molecule has 0 bridgehead atoms. The van der Waals surface area contributed by atoms with Crippen molar-refractivity contribution in [2.24, 2.45) is 23.7 Å². The fourth-order valence-corrected chi connectivity index (χ4v) is 6.05. The van der Waals surface area contributed by atoms with Gasteiger partial charge in [-0.2, -0.15) is 0 Å². The number of nitrogens with zero attached hydrogens (tertiary/aromatic N) is 2. The summed E-state index contributed by atoms with van der Waals surface area (Å²) in [6, 6.07) is 14.8. The molecule has 2 saturated heterocycles. The van der Waals surface area contributed by atoms with Crippen LogP contribution in [0.15, 0.2) is 96.1 Å². The van der Waals surface area contributed by atoms with E-state index in [2.05, 4.69) is 40.9 Å². The number of anilines is 2. The molecule has 0 N–H and O–H groups in total. The van der Waals surface area contributed by atoms with Gasteiger partial charge in [-0.05, 0) is 47.9 Å². The van der Waals surface area contributed by atoms with E-state index in [-0.39, 0.29) is 11.1 Å². The number of amides is 4. The number of fused-ring (bicyclic) bond motifs is 3. The average molecular weight is 535 g/mol. The first-order valence-electron chi connectivity index (χ1n) is 13.8. The fourth-order valence-electron chi connectivity index (χ4n) is 6.05. The summed E-state index contributed by atoms with van der Waals surface area (Å²) in [5.41, 5.74) is 3.82. The monoisotopic (exact) mass is 534 g/mol. The Morgan fingerprint density at radius 1 is 0.600 bits per heavy atom. The molecule has 2 heterocycles. The van der Waals surface area contributed by atoms with Gasteiger partial charge in [-0.1, -0.05) is 89.4 Å². The predicted molar refractivity (Wildman–Crippen MR) is 156 cm³/mol. The molecule has 2 atom stereocenters. The Morgan fingerprint density at radius 2 is 0.950 bits per heavy atom. The van der Waals surface area contributed by atoms with Crippen molar-refractivity contribution in [2.45, 2.75) is 40.5 Å². The van der Waals surface area contributed by atoms with E-state index in [0.29, 0.717) is 47.2 Å². The minimum atomic E-state index is -0.832. The van der Waals surface area contributed by atoms with Gasteiger partial charge in [0.1, 0.15) is 0 Å². The van der Waals surface area contributed by atoms with Gasteiger partial charge in [0.2, 0.25) is 0 Å². The second-order valence-corrected chi connectivity index (χ2v) is 11.6. The zero-order valence-corrected chi connectivity index (χ0v) is 23.4. The number of benzene rings is 2. The van der Waals surface area contributed by atoms with Gasteiger partial charge in [0.25, 0.3) is 23.6 Å². The molecule has 6 heteroatoms. The molecule has 2 fully saturated rings. The Morgan fingerprint density at radius 3 is 1.30 bits per heavy atom. The Labute approximate surface area is 235 Å². The molecule has 2 aromatic rings. The van der Waals surface area contributed by atoms with Crippen LogP contribution in [0, 0.1) is 23.7 Å². The quantitative estimate of drug-likeness (QED) is 0.350. The third-order valence-electron chi connectivity index (χ3n) is 7.77. The van der Waals surface area contributed by atoms with Crippen LogP contribution in [0.25, 0.3) is 0 Å². The molecule has 1 aliphatic carbocycles. The van der Waals surface area contributed by atoms with Gasteiger partial charge in [-0.25, -0.2) is 9.80 Å². The van der Waals surface area contributed by atoms with Crippen LogP contribution in [0.1, 0.15) is 38.8 Å². The van der Waals surface area contributed by atoms with E-state index in [4.69, 9.17) is 0 Å². The number of rotatable bonds is 6. The van der Waals surface area contributed by atoms with E-state index in [1.807, 2.05) is 24.3 Å². The molecule has 2 aromatic carbocycles. The predicted octanol–water partition coefficient (Wildman–Crippen LogP) is 5.74. The number of hydrogen-bond acceptors (Lipinski definition) is 4. The summed E-state index contributed by atoms with van der Waals surface area (Å²) < 4.78 is 0. The molecule has 0 aromatic heterocycles. The van der Waals surface area contributed by atoms with Crippen LogP contribution in [0.2, 0.25) is 0 Å². The maximum atomic E-state index is 13.9. The van der Waals surface area contributed by atoms with Gasteiger partial charge in [0.15, 0.2) is 0 Å². The highest BCUT2D eigenvalue weighted by Crippen LogP contribution is 2.48. The summed E-state index contributed by atoms with van der Waals surface area (Å²) in [6.45, 7) is 16.5. The fraction of sp³-hybridized carbons (Fsp3) is 0.294. The highest BCUT2D eigenvalue weighted by Gasteiger charge is 2.52. The Balaban J connectivity index is 1.57. The molecular weight excluding hydrogens is 500 g/mol. The summed E-state index contributed by atoms with van der Waals surface area (Å²) in [4.78, 5) is 57.7. The first-order chi connectivity index (χ1) is 19.0. The molecular formula is C34H34N2O4. The van der Waals surface area contributed by atoms with Crippen molar-refractivity contribution in [2.75, 3.05) is 9.80 Å². The second kappa shape index (κ2) is 10.3. The molecule has 0 radical (unpaired) electrons. The molecule has 0 saturated carbocycles. The number of para-hydroxylation sites is 2. The summed E-state index contributed by atoms with van der Waals surface area (Å²) in [5, 5.41) is 0. The highest BCUT2D eigenvalue weighted by molar-refractivity contribution is 6.32. The number of imide groups is 2. The minimum absolute atomic E-state index is 0.163. The van der Waals surface area contributed by atoms with Crippen molar-refractivity contribution in [3.05, 3.63) is 107 Å². The van der Waals surface area contributed by atoms with Crippen molar-refractivity contribution in [3.63, 3.8) is 0 Å². The molecule has 204 valence electrons. The third-order valence-corrected chi connectivity index (χ3v) is 7.77. The SMILES string of the molecule is C=C1C(=O)N(c2ccccc2CC(C)C)C(=O)C2=CC=C3C(=O)N(c4ccccc4CC(C)C)C(=O)C(=C)C3C12. The smallest absolute Gasteiger partial charge is 0.261 e. The van der Waals surface area contributed by atoms with Crippen molar-refractivity contribution in [1.82, 2.24) is 0 Å². The van der Waals surface area contributed by atoms with E-state index in [9.17, 15) is 19.2 Å². The number of carbonyl (C=O) groups is 4. The lowest BCUT2D eigenvalue weighted by Crippen LogP contribution is -2.54. The van der Waals surface area contributed by atoms with Crippen molar-refractivity contribution in [1.29, 1.82) is 0 Å². The highest BCUT2D eigenvalue weighted by atomic mass is 16.2. The van der Waals surface area contributed by atoms with Gasteiger partial charge in [0.05, 0.1) is 11.4 Å². The third kappa shape index (κ3) is 4.37. The first kappa shape index (κ1) is 27.3. The largest absolute Gasteiger partial charge is 0.269 e. The number of allylic oxidation sites excluding steroid dienone is 2. The topological polar surface area (TPSA) is 74.8 Å². The van der Waals surface area contributed by atoms with E-state index in [0.717, 1.165) is 11.1 Å². The summed E-state index contributed by atoms with van der Waals surface area (Å²) in [6.07, 6.45) is 4.60. The van der Waals surface area contributed by atoms with Crippen LogP contribution < -0.4 is 9.80 Å². The molecule has 3 aliphatic rings. The van der Waals surface area contributed by atoms with Gasteiger partial charge < -0.3 is 0 Å². The van der Waals surface area contributed by atoms with Crippen molar-refractivity contribution < 1.29 is 19.2 Å². The minimum Gasteiger partial charge on any atom is -0.269 e. The number of carbonyl (C=O) groups excluding carboxylic acids is 4. The van der Waals surface area contributed by atoms with Crippen LogP contribution in [0.5, 0.6) is 0 Å². The van der Waals surface area contributed by atoms with Crippen LogP contribution >= 0.6 is 0 Å². The average Bonchev–Trinajstić information content (AvgIpc) is 2.91. The molecule has 4 amide bonds. The molecule has 5 rings (SSSR count). The molecule has 6 nitrogen and oxygen atoms in total. The zero-order chi connectivity index (χ0) is 28.9.